The van der Waals surface area contributed by atoms with Gasteiger partial charge in [-0.2, -0.15) is 0 Å². The lowest BCUT2D eigenvalue weighted by Gasteiger charge is -2.06. The maximum Gasteiger partial charge on any atom is 0.251 e. The molecule has 0 saturated heterocycles. The Kier molecular flexibility index (Phi) is 3.48. The highest BCUT2D eigenvalue weighted by atomic mass is 16.3. The standard InChI is InChI=1S/C14H14N2O2/c15-12-6-4-10(5-7-12)9-16-14(18)11-2-1-3-13(17)8-11/h1-8,17H,9,15H2,(H,16,18). The van der Waals surface area contributed by atoms with Crippen LogP contribution in [0.1, 0.15) is 15.9 Å². The van der Waals surface area contributed by atoms with Crippen molar-refractivity contribution in [2.45, 2.75) is 6.54 Å². The van der Waals surface area contributed by atoms with Crippen LogP contribution >= 0.6 is 0 Å². The fourth-order valence-corrected chi connectivity index (χ4v) is 1.57. The lowest BCUT2D eigenvalue weighted by atomic mass is 10.2. The van der Waals surface area contributed by atoms with Gasteiger partial charge in [-0.25, -0.2) is 0 Å². The van der Waals surface area contributed by atoms with E-state index in [0.29, 0.717) is 17.8 Å². The van der Waals surface area contributed by atoms with Crippen LogP contribution in [0, 0.1) is 0 Å². The molecule has 0 radical (unpaired) electrons. The van der Waals surface area contributed by atoms with Crippen molar-refractivity contribution in [1.29, 1.82) is 0 Å². The molecule has 0 aromatic heterocycles. The first-order valence-corrected chi connectivity index (χ1v) is 5.57. The number of hydrogen-bond acceptors (Lipinski definition) is 3. The average molecular weight is 242 g/mol. The number of nitrogen functional groups attached to an aromatic ring is 1. The molecular formula is C14H14N2O2. The summed E-state index contributed by atoms with van der Waals surface area (Å²) in [4.78, 5) is 11.8. The van der Waals surface area contributed by atoms with Crippen LogP contribution in [0.2, 0.25) is 0 Å². The Morgan fingerprint density at radius 3 is 2.56 bits per heavy atom. The predicted octanol–water partition coefficient (Wildman–Crippen LogP) is 1.90. The summed E-state index contributed by atoms with van der Waals surface area (Å²) in [5.74, 6) is -0.141. The second kappa shape index (κ2) is 5.23. The number of rotatable bonds is 3. The van der Waals surface area contributed by atoms with Gasteiger partial charge in [0.25, 0.3) is 5.91 Å². The number of carbonyl (C=O) groups excluding carboxylic acids is 1. The molecule has 1 amide bonds. The molecule has 0 aliphatic rings. The van der Waals surface area contributed by atoms with E-state index in [-0.39, 0.29) is 11.7 Å². The molecule has 4 heteroatoms. The van der Waals surface area contributed by atoms with Crippen molar-refractivity contribution in [3.63, 3.8) is 0 Å². The van der Waals surface area contributed by atoms with E-state index in [1.807, 2.05) is 12.1 Å². The number of nitrogens with one attached hydrogen (secondary N) is 1. The second-order valence-electron chi connectivity index (χ2n) is 3.97. The topological polar surface area (TPSA) is 75.3 Å². The number of phenolic OH excluding ortho intramolecular Hbond substituents is 1. The van der Waals surface area contributed by atoms with Crippen LogP contribution in [-0.4, -0.2) is 11.0 Å². The SMILES string of the molecule is Nc1ccc(CNC(=O)c2cccc(O)c2)cc1. The minimum atomic E-state index is -0.220. The van der Waals surface area contributed by atoms with Crippen LogP contribution in [-0.2, 0) is 6.54 Å². The van der Waals surface area contributed by atoms with E-state index < -0.39 is 0 Å². The van der Waals surface area contributed by atoms with Gasteiger partial charge in [-0.15, -0.1) is 0 Å². The maximum atomic E-state index is 11.8. The first-order chi connectivity index (χ1) is 8.65. The highest BCUT2D eigenvalue weighted by molar-refractivity contribution is 5.94. The van der Waals surface area contributed by atoms with Crippen LogP contribution < -0.4 is 11.1 Å². The number of hydrogen-bond donors (Lipinski definition) is 3. The number of nitrogens with two attached hydrogens (primary N) is 1. The normalized spacial score (nSPS) is 10.0. The summed E-state index contributed by atoms with van der Waals surface area (Å²) in [6, 6.07) is 13.5. The van der Waals surface area contributed by atoms with Crippen LogP contribution in [0.4, 0.5) is 5.69 Å². The Morgan fingerprint density at radius 1 is 1.17 bits per heavy atom. The van der Waals surface area contributed by atoms with Crippen molar-refractivity contribution >= 4 is 11.6 Å². The van der Waals surface area contributed by atoms with Gasteiger partial charge in [0.1, 0.15) is 5.75 Å². The quantitative estimate of drug-likeness (QED) is 0.719. The zero-order chi connectivity index (χ0) is 13.0. The number of amides is 1. The van der Waals surface area contributed by atoms with Crippen molar-refractivity contribution in [1.82, 2.24) is 5.32 Å². The van der Waals surface area contributed by atoms with Gasteiger partial charge in [0.2, 0.25) is 0 Å². The average Bonchev–Trinajstić information content (AvgIpc) is 2.38. The number of phenols is 1. The minimum Gasteiger partial charge on any atom is -0.508 e. The molecule has 2 aromatic rings. The van der Waals surface area contributed by atoms with Gasteiger partial charge in [0.05, 0.1) is 0 Å². The van der Waals surface area contributed by atoms with Gasteiger partial charge in [-0.05, 0) is 35.9 Å². The van der Waals surface area contributed by atoms with E-state index in [9.17, 15) is 9.90 Å². The van der Waals surface area contributed by atoms with Crippen LogP contribution in [0.5, 0.6) is 5.75 Å². The summed E-state index contributed by atoms with van der Waals surface area (Å²) >= 11 is 0. The van der Waals surface area contributed by atoms with Crippen LogP contribution in [0.15, 0.2) is 48.5 Å². The molecule has 0 bridgehead atoms. The first-order valence-electron chi connectivity index (χ1n) is 5.57. The smallest absolute Gasteiger partial charge is 0.251 e. The Hall–Kier alpha value is -2.49. The van der Waals surface area contributed by atoms with E-state index in [4.69, 9.17) is 5.73 Å². The van der Waals surface area contributed by atoms with Gasteiger partial charge in [0, 0.05) is 17.8 Å². The van der Waals surface area contributed by atoms with Gasteiger partial charge in [-0.1, -0.05) is 18.2 Å². The molecular weight excluding hydrogens is 228 g/mol. The van der Waals surface area contributed by atoms with Crippen molar-refractivity contribution < 1.29 is 9.90 Å². The zero-order valence-electron chi connectivity index (χ0n) is 9.76. The molecule has 4 nitrogen and oxygen atoms in total. The molecule has 2 aromatic carbocycles. The van der Waals surface area contributed by atoms with Crippen LogP contribution in [0.3, 0.4) is 0 Å². The monoisotopic (exact) mass is 242 g/mol. The van der Waals surface area contributed by atoms with Gasteiger partial charge < -0.3 is 16.2 Å². The van der Waals surface area contributed by atoms with E-state index in [1.54, 1.807) is 24.3 Å². The Labute approximate surface area is 105 Å². The molecule has 0 spiro atoms. The third-order valence-corrected chi connectivity index (χ3v) is 2.54. The molecule has 4 N–H and O–H groups in total. The summed E-state index contributed by atoms with van der Waals surface area (Å²) in [5, 5.41) is 12.1. The Bertz CT molecular complexity index is 550. The van der Waals surface area contributed by atoms with E-state index in [0.717, 1.165) is 5.56 Å². The van der Waals surface area contributed by atoms with Crippen molar-refractivity contribution in [2.75, 3.05) is 5.73 Å². The third kappa shape index (κ3) is 3.01. The maximum absolute atomic E-state index is 11.8. The van der Waals surface area contributed by atoms with Crippen LogP contribution in [0.25, 0.3) is 0 Å². The first kappa shape index (κ1) is 12.0. The highest BCUT2D eigenvalue weighted by Crippen LogP contribution is 2.11. The summed E-state index contributed by atoms with van der Waals surface area (Å²) in [6.45, 7) is 0.425. The van der Waals surface area contributed by atoms with E-state index in [2.05, 4.69) is 5.32 Å². The number of aromatic hydroxyl groups is 1. The van der Waals surface area contributed by atoms with Crippen molar-refractivity contribution in [3.05, 3.63) is 59.7 Å². The van der Waals surface area contributed by atoms with Crippen molar-refractivity contribution in [3.8, 4) is 5.75 Å². The lowest BCUT2D eigenvalue weighted by Crippen LogP contribution is -2.22. The molecule has 0 heterocycles. The molecule has 18 heavy (non-hydrogen) atoms. The fourth-order valence-electron chi connectivity index (χ4n) is 1.57. The summed E-state index contributed by atoms with van der Waals surface area (Å²) < 4.78 is 0. The molecule has 0 fully saturated rings. The molecule has 0 aliphatic carbocycles. The Balaban J connectivity index is 1.98. The van der Waals surface area contributed by atoms with Gasteiger partial charge >= 0.3 is 0 Å². The summed E-state index contributed by atoms with van der Waals surface area (Å²) in [7, 11) is 0. The largest absolute Gasteiger partial charge is 0.508 e. The second-order valence-corrected chi connectivity index (χ2v) is 3.97. The number of benzene rings is 2. The van der Waals surface area contributed by atoms with Gasteiger partial charge in [0.15, 0.2) is 0 Å². The predicted molar refractivity (Wildman–Crippen MR) is 70.1 cm³/mol. The zero-order valence-corrected chi connectivity index (χ0v) is 9.76. The van der Waals surface area contributed by atoms with E-state index in [1.165, 1.54) is 12.1 Å². The Morgan fingerprint density at radius 2 is 1.89 bits per heavy atom. The molecule has 0 unspecified atom stereocenters. The number of anilines is 1. The van der Waals surface area contributed by atoms with Crippen molar-refractivity contribution in [2.24, 2.45) is 0 Å². The molecule has 0 aliphatic heterocycles. The molecule has 2 rings (SSSR count). The minimum absolute atomic E-state index is 0.0788. The molecule has 0 atom stereocenters. The van der Waals surface area contributed by atoms with Gasteiger partial charge in [-0.3, -0.25) is 4.79 Å². The van der Waals surface area contributed by atoms with E-state index >= 15 is 0 Å². The molecule has 92 valence electrons. The lowest BCUT2D eigenvalue weighted by molar-refractivity contribution is 0.0950. The summed E-state index contributed by atoms with van der Waals surface area (Å²) in [5.41, 5.74) is 7.67. The third-order valence-electron chi connectivity index (χ3n) is 2.54. The summed E-state index contributed by atoms with van der Waals surface area (Å²) in [6.07, 6.45) is 0. The number of carbonyl (C=O) groups is 1. The fraction of sp³-hybridized carbons (Fsp3) is 0.0714. The highest BCUT2D eigenvalue weighted by Gasteiger charge is 2.05. The molecule has 0 saturated carbocycles.